The van der Waals surface area contributed by atoms with E-state index in [1.54, 1.807) is 0 Å². The van der Waals surface area contributed by atoms with Gasteiger partial charge >= 0.3 is 11.9 Å². The smallest absolute Gasteiger partial charge is 0.339 e. The molecule has 4 rings (SSSR count). The SMILES string of the molecule is CCCCC[C@H]1CC[C@H](CCCOc2ccc(CO[C@@](CCCC)(C(=O)O)[C@@](CCCC)(OCc3ccc(OCCC[C@H]4CC[C@H](CCCCC)CC4)cc3)C(=O)O)cc2)CC1. The van der Waals surface area contributed by atoms with Crippen LogP contribution in [0.2, 0.25) is 0 Å². The molecule has 0 radical (unpaired) electrons. The lowest BCUT2D eigenvalue weighted by molar-refractivity contribution is -0.241. The van der Waals surface area contributed by atoms with Crippen molar-refractivity contribution in [3.63, 3.8) is 0 Å². The summed E-state index contributed by atoms with van der Waals surface area (Å²) in [5.74, 6) is 2.35. The van der Waals surface area contributed by atoms with Gasteiger partial charge in [0.2, 0.25) is 11.2 Å². The second-order valence-electron chi connectivity index (χ2n) is 19.1. The normalized spacial score (nSPS) is 21.2. The van der Waals surface area contributed by atoms with Gasteiger partial charge in [-0.25, -0.2) is 9.59 Å². The highest BCUT2D eigenvalue weighted by Crippen LogP contribution is 2.42. The van der Waals surface area contributed by atoms with E-state index in [1.807, 2.05) is 62.4 Å². The maximum Gasteiger partial charge on any atom is 0.339 e. The van der Waals surface area contributed by atoms with Gasteiger partial charge in [-0.3, -0.25) is 0 Å². The standard InChI is InChI=1S/C54H86O8/c1-5-9-13-17-43-21-25-45(26-22-43)19-15-39-59-49-33-29-47(30-34-49)41-61-53(51(55)56,37-11-7-3)54(52(57)58,38-12-8-4)62-42-48-31-35-50(36-32-48)60-40-16-20-46-27-23-44(24-28-46)18-14-10-6-2/h29-36,43-46H,5-28,37-42H2,1-4H3,(H,55,56)(H,57,58)/t43-,44-,45-,46-,53-,54-/m0/s1. The van der Waals surface area contributed by atoms with Crippen LogP contribution in [0.15, 0.2) is 48.5 Å². The Bertz CT molecular complexity index is 1380. The Balaban J connectivity index is 1.31. The molecule has 0 heterocycles. The highest BCUT2D eigenvalue weighted by Gasteiger charge is 2.63. The molecule has 2 aliphatic carbocycles. The zero-order chi connectivity index (χ0) is 44.5. The fourth-order valence-corrected chi connectivity index (χ4v) is 10.2. The molecule has 2 aromatic rings. The van der Waals surface area contributed by atoms with Crippen LogP contribution >= 0.6 is 0 Å². The molecule has 0 bridgehead atoms. The Kier molecular flexibility index (Phi) is 23.8. The van der Waals surface area contributed by atoms with E-state index in [-0.39, 0.29) is 26.1 Å². The van der Waals surface area contributed by atoms with Crippen LogP contribution in [0.5, 0.6) is 11.5 Å². The summed E-state index contributed by atoms with van der Waals surface area (Å²) in [4.78, 5) is 27.0. The third kappa shape index (κ3) is 16.5. The molecule has 2 aromatic carbocycles. The van der Waals surface area contributed by atoms with E-state index in [0.29, 0.717) is 38.9 Å². The van der Waals surface area contributed by atoms with Crippen LogP contribution in [0.25, 0.3) is 0 Å². The van der Waals surface area contributed by atoms with Crippen LogP contribution in [0.4, 0.5) is 0 Å². The summed E-state index contributed by atoms with van der Waals surface area (Å²) in [5.41, 5.74) is -2.76. The second kappa shape index (κ2) is 28.6. The minimum atomic E-state index is -2.12. The molecule has 2 saturated carbocycles. The van der Waals surface area contributed by atoms with Crippen LogP contribution in [0, 0.1) is 23.7 Å². The van der Waals surface area contributed by atoms with Gasteiger partial charge in [0.25, 0.3) is 0 Å². The van der Waals surface area contributed by atoms with E-state index >= 15 is 0 Å². The van der Waals surface area contributed by atoms with Crippen molar-refractivity contribution in [1.29, 1.82) is 0 Å². The van der Waals surface area contributed by atoms with Gasteiger partial charge < -0.3 is 29.2 Å². The topological polar surface area (TPSA) is 112 Å². The lowest BCUT2D eigenvalue weighted by atomic mass is 9.75. The molecule has 0 saturated heterocycles. The Morgan fingerprint density at radius 2 is 0.774 bits per heavy atom. The number of aliphatic carboxylic acids is 2. The van der Waals surface area contributed by atoms with E-state index in [9.17, 15) is 19.8 Å². The molecule has 0 spiro atoms. The number of rotatable bonds is 33. The Labute approximate surface area is 376 Å². The lowest BCUT2D eigenvalue weighted by Crippen LogP contribution is -2.66. The summed E-state index contributed by atoms with van der Waals surface area (Å²) in [7, 11) is 0. The van der Waals surface area contributed by atoms with Gasteiger partial charge in [0.05, 0.1) is 26.4 Å². The Morgan fingerprint density at radius 1 is 0.468 bits per heavy atom. The van der Waals surface area contributed by atoms with E-state index < -0.39 is 23.1 Å². The molecular weight excluding hydrogens is 777 g/mol. The summed E-state index contributed by atoms with van der Waals surface area (Å²) in [6.45, 7) is 9.66. The number of hydrogen-bond acceptors (Lipinski definition) is 6. The van der Waals surface area contributed by atoms with Crippen LogP contribution in [-0.4, -0.2) is 46.6 Å². The monoisotopic (exact) mass is 863 g/mol. The van der Waals surface area contributed by atoms with Crippen molar-refractivity contribution in [1.82, 2.24) is 0 Å². The molecule has 0 amide bonds. The fourth-order valence-electron chi connectivity index (χ4n) is 10.2. The third-order valence-electron chi connectivity index (χ3n) is 14.3. The number of unbranched alkanes of at least 4 members (excludes halogenated alkanes) is 6. The zero-order valence-electron chi connectivity index (χ0n) is 39.5. The van der Waals surface area contributed by atoms with Gasteiger partial charge in [-0.2, -0.15) is 0 Å². The molecule has 2 N–H and O–H groups in total. The van der Waals surface area contributed by atoms with Crippen molar-refractivity contribution in [3.05, 3.63) is 59.7 Å². The molecule has 62 heavy (non-hydrogen) atoms. The van der Waals surface area contributed by atoms with Gasteiger partial charge in [0.1, 0.15) is 11.5 Å². The predicted molar refractivity (Wildman–Crippen MR) is 251 cm³/mol. The molecule has 0 aromatic heterocycles. The lowest BCUT2D eigenvalue weighted by Gasteiger charge is -2.44. The molecular formula is C54H86O8. The first-order valence-electron chi connectivity index (χ1n) is 25.4. The van der Waals surface area contributed by atoms with Crippen molar-refractivity contribution >= 4 is 11.9 Å². The summed E-state index contributed by atoms with van der Waals surface area (Å²) >= 11 is 0. The minimum absolute atomic E-state index is 0.00370. The van der Waals surface area contributed by atoms with Crippen LogP contribution in [0.1, 0.15) is 206 Å². The minimum Gasteiger partial charge on any atom is -0.494 e. The van der Waals surface area contributed by atoms with Gasteiger partial charge in [-0.1, -0.05) is 180 Å². The van der Waals surface area contributed by atoms with Crippen molar-refractivity contribution < 1.29 is 38.7 Å². The van der Waals surface area contributed by atoms with E-state index in [2.05, 4.69) is 13.8 Å². The quantitative estimate of drug-likeness (QED) is 0.0683. The van der Waals surface area contributed by atoms with Gasteiger partial charge in [-0.15, -0.1) is 0 Å². The van der Waals surface area contributed by atoms with Crippen molar-refractivity contribution in [2.45, 2.75) is 219 Å². The largest absolute Gasteiger partial charge is 0.494 e. The number of hydrogen-bond donors (Lipinski definition) is 2. The summed E-state index contributed by atoms with van der Waals surface area (Å²) in [6.07, 6.45) is 28.5. The summed E-state index contributed by atoms with van der Waals surface area (Å²) in [6, 6.07) is 15.1. The zero-order valence-corrected chi connectivity index (χ0v) is 39.5. The first kappa shape index (κ1) is 51.5. The highest BCUT2D eigenvalue weighted by molar-refractivity contribution is 5.91. The molecule has 350 valence electrons. The van der Waals surface area contributed by atoms with E-state index in [1.165, 1.54) is 116 Å². The summed E-state index contributed by atoms with van der Waals surface area (Å²) in [5, 5.41) is 22.0. The van der Waals surface area contributed by atoms with Crippen LogP contribution in [0.3, 0.4) is 0 Å². The molecule has 8 nitrogen and oxygen atoms in total. The first-order chi connectivity index (χ1) is 30.2. The van der Waals surface area contributed by atoms with Gasteiger partial charge in [-0.05, 0) is 97.6 Å². The van der Waals surface area contributed by atoms with Crippen molar-refractivity contribution in [2.24, 2.45) is 23.7 Å². The number of benzene rings is 2. The van der Waals surface area contributed by atoms with Crippen LogP contribution < -0.4 is 9.47 Å². The van der Waals surface area contributed by atoms with E-state index in [0.717, 1.165) is 59.1 Å². The Morgan fingerprint density at radius 3 is 1.06 bits per heavy atom. The summed E-state index contributed by atoms with van der Waals surface area (Å²) < 4.78 is 25.0. The maximum absolute atomic E-state index is 13.5. The number of carboxylic acids is 2. The second-order valence-corrected chi connectivity index (χ2v) is 19.1. The molecule has 2 atom stereocenters. The first-order valence-corrected chi connectivity index (χ1v) is 25.4. The van der Waals surface area contributed by atoms with Crippen LogP contribution in [-0.2, 0) is 32.3 Å². The molecule has 2 fully saturated rings. The van der Waals surface area contributed by atoms with Crippen molar-refractivity contribution in [3.8, 4) is 11.5 Å². The van der Waals surface area contributed by atoms with Gasteiger partial charge in [0.15, 0.2) is 0 Å². The van der Waals surface area contributed by atoms with E-state index in [4.69, 9.17) is 18.9 Å². The Hall–Kier alpha value is -3.10. The molecule has 2 aliphatic rings. The molecule has 0 aliphatic heterocycles. The molecule has 0 unspecified atom stereocenters. The van der Waals surface area contributed by atoms with Crippen molar-refractivity contribution in [2.75, 3.05) is 13.2 Å². The maximum atomic E-state index is 13.5. The number of ether oxygens (including phenoxy) is 4. The molecule has 8 heteroatoms. The number of carbonyl (C=O) groups is 2. The average molecular weight is 863 g/mol. The van der Waals surface area contributed by atoms with Gasteiger partial charge in [0, 0.05) is 0 Å². The fraction of sp³-hybridized carbons (Fsp3) is 0.741. The predicted octanol–water partition coefficient (Wildman–Crippen LogP) is 14.5. The highest BCUT2D eigenvalue weighted by atomic mass is 16.6. The third-order valence-corrected chi connectivity index (χ3v) is 14.3. The average Bonchev–Trinajstić information content (AvgIpc) is 3.29. The number of carboxylic acid groups (broad SMARTS) is 2.